The average Bonchev–Trinajstić information content (AvgIpc) is 2.41. The predicted molar refractivity (Wildman–Crippen MR) is 42.5 cm³/mol. The molecule has 0 aromatic carbocycles. The zero-order valence-electron chi connectivity index (χ0n) is 5.83. The molecule has 46 valence electrons. The van der Waals surface area contributed by atoms with Crippen LogP contribution in [0.25, 0.3) is 0 Å². The second-order valence-corrected chi connectivity index (χ2v) is 15.4. The van der Waals surface area contributed by atoms with Gasteiger partial charge in [0.05, 0.1) is 0 Å². The van der Waals surface area contributed by atoms with Gasteiger partial charge >= 0.3 is 61.2 Å². The Kier molecular flexibility index (Phi) is 2.97. The van der Waals surface area contributed by atoms with Crippen molar-refractivity contribution in [3.05, 3.63) is 0 Å². The van der Waals surface area contributed by atoms with Crippen LogP contribution in [0.15, 0.2) is 0 Å². The van der Waals surface area contributed by atoms with Gasteiger partial charge in [0.25, 0.3) is 0 Å². The van der Waals surface area contributed by atoms with E-state index in [2.05, 4.69) is 11.5 Å². The van der Waals surface area contributed by atoms with Gasteiger partial charge in [-0.15, -0.1) is 0 Å². The van der Waals surface area contributed by atoms with E-state index in [1.54, 1.807) is 21.0 Å². The summed E-state index contributed by atoms with van der Waals surface area (Å²) in [6, 6.07) is 0. The molecule has 0 saturated carbocycles. The minimum atomic E-state index is -0.368. The molecule has 0 aromatic heterocycles. The van der Waals surface area contributed by atoms with E-state index in [1.165, 1.54) is 0 Å². The Bertz CT molecular complexity index is 64.9. The molecule has 0 spiro atoms. The van der Waals surface area contributed by atoms with Crippen LogP contribution in [0.3, 0.4) is 0 Å². The summed E-state index contributed by atoms with van der Waals surface area (Å²) in [7, 11) is 0. The van der Waals surface area contributed by atoms with Crippen LogP contribution < -0.4 is 0 Å². The van der Waals surface area contributed by atoms with E-state index < -0.39 is 0 Å². The predicted octanol–water partition coefficient (Wildman–Crippen LogP) is 2.25. The zero-order chi connectivity index (χ0) is 5.98. The van der Waals surface area contributed by atoms with Gasteiger partial charge in [-0.1, -0.05) is 0 Å². The summed E-state index contributed by atoms with van der Waals surface area (Å²) in [5.74, 6) is 5.00. The standard InChI is InChI=1S/C6H14Ge2/c1-7(2)3-4-8-5-6-8/h3-6H2,1-2H3. The molecule has 0 unspecified atom stereocenters. The van der Waals surface area contributed by atoms with Gasteiger partial charge in [0, 0.05) is 0 Å². The van der Waals surface area contributed by atoms with Crippen molar-refractivity contribution in [3.8, 4) is 0 Å². The number of hydrogen-bond acceptors (Lipinski definition) is 0. The van der Waals surface area contributed by atoms with Crippen LogP contribution in [0.2, 0.25) is 32.5 Å². The number of rotatable bonds is 3. The van der Waals surface area contributed by atoms with Gasteiger partial charge in [0.15, 0.2) is 0 Å². The topological polar surface area (TPSA) is 0 Å². The molecule has 0 N–H and O–H groups in total. The quantitative estimate of drug-likeness (QED) is 0.654. The third-order valence-electron chi connectivity index (χ3n) is 1.58. The maximum absolute atomic E-state index is 2.50. The Balaban J connectivity index is 1.87. The fourth-order valence-corrected chi connectivity index (χ4v) is 15.2. The average molecular weight is 231 g/mol. The SMILES string of the molecule is [CH3][Ge]([CH3])[CH2][CH2][Ge]1[CH2][CH2]1. The van der Waals surface area contributed by atoms with Crippen molar-refractivity contribution in [1.29, 1.82) is 0 Å². The van der Waals surface area contributed by atoms with Crippen LogP contribution in [0.5, 0.6) is 0 Å². The third-order valence-corrected chi connectivity index (χ3v) is 10.9. The summed E-state index contributed by atoms with van der Waals surface area (Å²) in [5, 5.41) is 6.86. The van der Waals surface area contributed by atoms with Crippen molar-refractivity contribution in [2.24, 2.45) is 0 Å². The Morgan fingerprint density at radius 1 is 1.38 bits per heavy atom. The van der Waals surface area contributed by atoms with Gasteiger partial charge in [-0.3, -0.25) is 0 Å². The molecule has 0 nitrogen and oxygen atoms in total. The second kappa shape index (κ2) is 3.30. The van der Waals surface area contributed by atoms with Gasteiger partial charge in [-0.25, -0.2) is 0 Å². The van der Waals surface area contributed by atoms with Gasteiger partial charge < -0.3 is 0 Å². The fraction of sp³-hybridized carbons (Fsp3) is 1.00. The van der Waals surface area contributed by atoms with E-state index in [-0.39, 0.29) is 28.7 Å². The first-order chi connectivity index (χ1) is 3.79. The van der Waals surface area contributed by atoms with Gasteiger partial charge in [0.2, 0.25) is 0 Å². The monoisotopic (exact) mass is 234 g/mol. The third kappa shape index (κ3) is 3.18. The van der Waals surface area contributed by atoms with E-state index in [4.69, 9.17) is 0 Å². The van der Waals surface area contributed by atoms with E-state index >= 15 is 0 Å². The van der Waals surface area contributed by atoms with Crippen molar-refractivity contribution < 1.29 is 0 Å². The normalized spacial score (nSPS) is 19.9. The van der Waals surface area contributed by atoms with Crippen LogP contribution in [0.1, 0.15) is 0 Å². The summed E-state index contributed by atoms with van der Waals surface area (Å²) >= 11 is -0.525. The van der Waals surface area contributed by atoms with Gasteiger partial charge in [0.1, 0.15) is 0 Å². The molecule has 1 heterocycles. The van der Waals surface area contributed by atoms with E-state index in [0.717, 1.165) is 0 Å². The van der Waals surface area contributed by atoms with Crippen molar-refractivity contribution in [2.75, 3.05) is 0 Å². The van der Waals surface area contributed by atoms with Crippen LogP contribution in [-0.4, -0.2) is 28.7 Å². The number of hydrogen-bond donors (Lipinski definition) is 0. The molecule has 1 rings (SSSR count). The molecule has 0 aliphatic carbocycles. The maximum atomic E-state index is 2.50. The summed E-state index contributed by atoms with van der Waals surface area (Å²) < 4.78 is 0. The molecule has 0 amide bonds. The van der Waals surface area contributed by atoms with E-state index in [9.17, 15) is 0 Å². The van der Waals surface area contributed by atoms with Crippen LogP contribution >= 0.6 is 0 Å². The molecule has 1 aliphatic heterocycles. The first-order valence-electron chi connectivity index (χ1n) is 3.41. The molecule has 2 radical (unpaired) electrons. The summed E-state index contributed by atoms with van der Waals surface area (Å²) in [6.07, 6.45) is 0. The molecule has 1 fully saturated rings. The Morgan fingerprint density at radius 2 is 2.00 bits per heavy atom. The van der Waals surface area contributed by atoms with Crippen LogP contribution in [0, 0.1) is 0 Å². The molecule has 0 atom stereocenters. The van der Waals surface area contributed by atoms with Gasteiger partial charge in [-0.05, 0) is 0 Å². The van der Waals surface area contributed by atoms with E-state index in [1.807, 2.05) is 0 Å². The summed E-state index contributed by atoms with van der Waals surface area (Å²) in [6.45, 7) is 0. The first kappa shape index (κ1) is 7.20. The molecule has 1 aliphatic rings. The summed E-state index contributed by atoms with van der Waals surface area (Å²) in [4.78, 5) is 0. The Labute approximate surface area is 61.3 Å². The Morgan fingerprint density at radius 3 is 2.38 bits per heavy atom. The molecule has 0 bridgehead atoms. The van der Waals surface area contributed by atoms with Crippen LogP contribution in [-0.2, 0) is 0 Å². The molecular weight excluding hydrogens is 217 g/mol. The molecule has 0 aromatic rings. The second-order valence-electron chi connectivity index (χ2n) is 2.96. The zero-order valence-corrected chi connectivity index (χ0v) is 10.0. The van der Waals surface area contributed by atoms with Gasteiger partial charge in [-0.2, -0.15) is 0 Å². The Hall–Kier alpha value is 1.09. The van der Waals surface area contributed by atoms with Crippen molar-refractivity contribution in [1.82, 2.24) is 0 Å². The van der Waals surface area contributed by atoms with Crippen molar-refractivity contribution in [2.45, 2.75) is 32.5 Å². The minimum absolute atomic E-state index is 0.158. The molecular formula is C6H14Ge2. The molecule has 1 saturated heterocycles. The van der Waals surface area contributed by atoms with Crippen molar-refractivity contribution >= 4 is 28.7 Å². The molecule has 8 heavy (non-hydrogen) atoms. The van der Waals surface area contributed by atoms with Crippen molar-refractivity contribution in [3.63, 3.8) is 0 Å². The van der Waals surface area contributed by atoms with E-state index in [0.29, 0.717) is 0 Å². The van der Waals surface area contributed by atoms with Crippen LogP contribution in [0.4, 0.5) is 0 Å². The first-order valence-corrected chi connectivity index (χ1v) is 13.5. The summed E-state index contributed by atoms with van der Waals surface area (Å²) in [5.41, 5.74) is 0. The fourth-order valence-electron chi connectivity index (χ4n) is 0.765. The molecule has 2 heteroatoms.